The molecule has 1 aliphatic rings. The van der Waals surface area contributed by atoms with Crippen LogP contribution in [0.2, 0.25) is 0 Å². The number of H-pyrrole nitrogens is 1. The Labute approximate surface area is 81.5 Å². The minimum Gasteiger partial charge on any atom is -0.468 e. The molecule has 0 radical (unpaired) electrons. The zero-order valence-electron chi connectivity index (χ0n) is 8.09. The van der Waals surface area contributed by atoms with Gasteiger partial charge in [0.1, 0.15) is 0 Å². The van der Waals surface area contributed by atoms with Gasteiger partial charge in [0.15, 0.2) is 0 Å². The monoisotopic (exact) mass is 195 g/mol. The van der Waals surface area contributed by atoms with Crippen molar-refractivity contribution in [3.05, 3.63) is 21.6 Å². The van der Waals surface area contributed by atoms with Crippen LogP contribution in [0.3, 0.4) is 0 Å². The van der Waals surface area contributed by atoms with Crippen molar-refractivity contribution in [2.75, 3.05) is 20.2 Å². The van der Waals surface area contributed by atoms with E-state index in [1.165, 1.54) is 7.11 Å². The topological polar surface area (TPSA) is 67.0 Å². The lowest BCUT2D eigenvalue weighted by atomic mass is 10.1. The van der Waals surface area contributed by atoms with Gasteiger partial charge in [-0.1, -0.05) is 0 Å². The van der Waals surface area contributed by atoms with E-state index in [-0.39, 0.29) is 5.56 Å². The quantitative estimate of drug-likeness (QED) is 0.632. The summed E-state index contributed by atoms with van der Waals surface area (Å²) in [4.78, 5) is 18.4. The highest BCUT2D eigenvalue weighted by Gasteiger charge is 2.13. The minimum atomic E-state index is -0.0736. The number of ether oxygens (including phenoxy) is 1. The minimum absolute atomic E-state index is 0.0736. The van der Waals surface area contributed by atoms with Crippen molar-refractivity contribution in [2.45, 2.75) is 12.8 Å². The maximum Gasteiger partial charge on any atom is 0.296 e. The van der Waals surface area contributed by atoms with Crippen molar-refractivity contribution >= 4 is 0 Å². The lowest BCUT2D eigenvalue weighted by molar-refractivity contribution is 0.376. The van der Waals surface area contributed by atoms with Crippen molar-refractivity contribution < 1.29 is 4.74 Å². The molecule has 14 heavy (non-hydrogen) atoms. The fourth-order valence-electron chi connectivity index (χ4n) is 1.63. The summed E-state index contributed by atoms with van der Waals surface area (Å²) in [5, 5.41) is 3.23. The molecule has 5 nitrogen and oxygen atoms in total. The zero-order chi connectivity index (χ0) is 9.97. The summed E-state index contributed by atoms with van der Waals surface area (Å²) >= 11 is 0. The molecular formula is C9H13N3O2. The van der Waals surface area contributed by atoms with E-state index in [0.29, 0.717) is 6.01 Å². The van der Waals surface area contributed by atoms with Gasteiger partial charge in [0.25, 0.3) is 11.6 Å². The number of aromatic nitrogens is 2. The van der Waals surface area contributed by atoms with Crippen molar-refractivity contribution in [3.8, 4) is 6.01 Å². The lowest BCUT2D eigenvalue weighted by Crippen LogP contribution is -2.19. The molecule has 1 aromatic heterocycles. The Morgan fingerprint density at radius 1 is 1.36 bits per heavy atom. The second kappa shape index (κ2) is 3.79. The molecule has 2 heterocycles. The van der Waals surface area contributed by atoms with E-state index in [9.17, 15) is 4.79 Å². The fraction of sp³-hybridized carbons (Fsp3) is 0.556. The molecule has 0 atom stereocenters. The van der Waals surface area contributed by atoms with Gasteiger partial charge in [-0.2, -0.15) is 0 Å². The third-order valence-electron chi connectivity index (χ3n) is 2.36. The standard InChI is InChI=1S/C9H13N3O2/c1-14-9-11-7-3-5-10-4-2-6(7)8(13)12-9/h10H,2-5H2,1H3,(H,11,12,13). The van der Waals surface area contributed by atoms with Gasteiger partial charge in [-0.25, -0.2) is 4.98 Å². The predicted octanol–water partition coefficient (Wildman–Crippen LogP) is -0.533. The van der Waals surface area contributed by atoms with Crippen LogP contribution >= 0.6 is 0 Å². The summed E-state index contributed by atoms with van der Waals surface area (Å²) < 4.78 is 4.91. The van der Waals surface area contributed by atoms with Gasteiger partial charge in [-0.3, -0.25) is 9.78 Å². The average molecular weight is 195 g/mol. The number of nitrogens with zero attached hydrogens (tertiary/aromatic N) is 1. The number of fused-ring (bicyclic) bond motifs is 1. The third-order valence-corrected chi connectivity index (χ3v) is 2.36. The Morgan fingerprint density at radius 3 is 2.93 bits per heavy atom. The summed E-state index contributed by atoms with van der Waals surface area (Å²) in [6.45, 7) is 1.71. The molecule has 1 aromatic rings. The summed E-state index contributed by atoms with van der Waals surface area (Å²) in [7, 11) is 1.50. The zero-order valence-corrected chi connectivity index (χ0v) is 8.09. The van der Waals surface area contributed by atoms with Gasteiger partial charge in [0.05, 0.1) is 12.8 Å². The molecule has 0 amide bonds. The van der Waals surface area contributed by atoms with E-state index in [1.807, 2.05) is 0 Å². The van der Waals surface area contributed by atoms with Crippen molar-refractivity contribution in [2.24, 2.45) is 0 Å². The van der Waals surface area contributed by atoms with Crippen molar-refractivity contribution in [1.82, 2.24) is 15.3 Å². The molecular weight excluding hydrogens is 182 g/mol. The molecule has 0 fully saturated rings. The number of nitrogens with one attached hydrogen (secondary N) is 2. The van der Waals surface area contributed by atoms with Crippen LogP contribution in [0.4, 0.5) is 0 Å². The molecule has 0 aromatic carbocycles. The van der Waals surface area contributed by atoms with Gasteiger partial charge in [-0.15, -0.1) is 0 Å². The Balaban J connectivity index is 2.48. The molecule has 0 bridgehead atoms. The molecule has 76 valence electrons. The Hall–Kier alpha value is -1.36. The smallest absolute Gasteiger partial charge is 0.296 e. The molecule has 0 spiro atoms. The van der Waals surface area contributed by atoms with E-state index in [1.54, 1.807) is 0 Å². The lowest BCUT2D eigenvalue weighted by Gasteiger charge is -2.04. The normalized spacial score (nSPS) is 15.8. The van der Waals surface area contributed by atoms with E-state index < -0.39 is 0 Å². The van der Waals surface area contributed by atoms with E-state index in [4.69, 9.17) is 4.74 Å². The van der Waals surface area contributed by atoms with Gasteiger partial charge in [-0.05, 0) is 13.0 Å². The molecule has 0 aliphatic carbocycles. The van der Waals surface area contributed by atoms with Crippen LogP contribution in [0.1, 0.15) is 11.3 Å². The summed E-state index contributed by atoms with van der Waals surface area (Å²) in [6.07, 6.45) is 1.53. The number of hydrogen-bond acceptors (Lipinski definition) is 4. The second-order valence-corrected chi connectivity index (χ2v) is 3.25. The first-order valence-electron chi connectivity index (χ1n) is 4.68. The maximum absolute atomic E-state index is 11.6. The first kappa shape index (κ1) is 9.21. The third kappa shape index (κ3) is 1.63. The van der Waals surface area contributed by atoms with Gasteiger partial charge in [0.2, 0.25) is 0 Å². The van der Waals surface area contributed by atoms with Crippen LogP contribution in [0.15, 0.2) is 4.79 Å². The number of methoxy groups -OCH3 is 1. The highest BCUT2D eigenvalue weighted by molar-refractivity contribution is 5.21. The van der Waals surface area contributed by atoms with E-state index in [2.05, 4.69) is 15.3 Å². The molecule has 5 heteroatoms. The van der Waals surface area contributed by atoms with Crippen LogP contribution in [0.5, 0.6) is 6.01 Å². The first-order chi connectivity index (χ1) is 6.81. The van der Waals surface area contributed by atoms with Crippen LogP contribution < -0.4 is 15.6 Å². The average Bonchev–Trinajstić information content (AvgIpc) is 2.42. The Morgan fingerprint density at radius 2 is 2.14 bits per heavy atom. The van der Waals surface area contributed by atoms with Gasteiger partial charge < -0.3 is 10.1 Å². The van der Waals surface area contributed by atoms with Crippen molar-refractivity contribution in [3.63, 3.8) is 0 Å². The Bertz CT molecular complexity index is 386. The first-order valence-corrected chi connectivity index (χ1v) is 4.68. The van der Waals surface area contributed by atoms with Crippen LogP contribution in [-0.4, -0.2) is 30.2 Å². The van der Waals surface area contributed by atoms with Crippen molar-refractivity contribution in [1.29, 1.82) is 0 Å². The predicted molar refractivity (Wildman–Crippen MR) is 51.7 cm³/mol. The molecule has 0 unspecified atom stereocenters. The number of hydrogen-bond donors (Lipinski definition) is 2. The van der Waals surface area contributed by atoms with E-state index >= 15 is 0 Å². The SMILES string of the molecule is COc1nc2c(c(=O)[nH]1)CCNCC2. The molecule has 0 saturated carbocycles. The van der Waals surface area contributed by atoms with Crippen LogP contribution in [-0.2, 0) is 12.8 Å². The highest BCUT2D eigenvalue weighted by atomic mass is 16.5. The van der Waals surface area contributed by atoms with Gasteiger partial charge >= 0.3 is 0 Å². The summed E-state index contributed by atoms with van der Waals surface area (Å²) in [6, 6.07) is 0.302. The molecule has 0 saturated heterocycles. The highest BCUT2D eigenvalue weighted by Crippen LogP contribution is 2.08. The summed E-state index contributed by atoms with van der Waals surface area (Å²) in [5.41, 5.74) is 1.57. The van der Waals surface area contributed by atoms with E-state index in [0.717, 1.165) is 37.2 Å². The van der Waals surface area contributed by atoms with Crippen LogP contribution in [0, 0.1) is 0 Å². The van der Waals surface area contributed by atoms with Crippen LogP contribution in [0.25, 0.3) is 0 Å². The maximum atomic E-state index is 11.6. The summed E-state index contributed by atoms with van der Waals surface area (Å²) in [5.74, 6) is 0. The Kier molecular flexibility index (Phi) is 2.49. The number of rotatable bonds is 1. The molecule has 2 N–H and O–H groups in total. The largest absolute Gasteiger partial charge is 0.468 e. The molecule has 1 aliphatic heterocycles. The molecule has 2 rings (SSSR count). The second-order valence-electron chi connectivity index (χ2n) is 3.25. The number of aromatic amines is 1. The fourth-order valence-corrected chi connectivity index (χ4v) is 1.63. The van der Waals surface area contributed by atoms with Gasteiger partial charge in [0, 0.05) is 18.5 Å².